The summed E-state index contributed by atoms with van der Waals surface area (Å²) in [5.41, 5.74) is 4.95. The molecule has 1 aliphatic rings. The second-order valence-electron chi connectivity index (χ2n) is 5.39. The van der Waals surface area contributed by atoms with Gasteiger partial charge in [0.2, 0.25) is 0 Å². The molecule has 0 spiro atoms. The number of thiophene rings is 1. The molecule has 1 fully saturated rings. The molecule has 3 N–H and O–H groups in total. The SMILES string of the molecule is CC1(O)CCCN(c2sc(C#N)c(N)c2S(C)(=O)=O)C1. The Balaban J connectivity index is 2.55. The topological polar surface area (TPSA) is 107 Å². The molecule has 1 aromatic rings. The van der Waals surface area contributed by atoms with E-state index in [0.29, 0.717) is 24.5 Å². The van der Waals surface area contributed by atoms with Crippen molar-refractivity contribution in [2.24, 2.45) is 0 Å². The summed E-state index contributed by atoms with van der Waals surface area (Å²) in [4.78, 5) is 2.02. The Hall–Kier alpha value is -1.30. The summed E-state index contributed by atoms with van der Waals surface area (Å²) >= 11 is 1.07. The first-order valence-corrected chi connectivity index (χ1v) is 8.86. The van der Waals surface area contributed by atoms with Crippen LogP contribution in [0, 0.1) is 11.3 Å². The minimum atomic E-state index is -3.53. The zero-order valence-corrected chi connectivity index (χ0v) is 13.0. The van der Waals surface area contributed by atoms with E-state index >= 15 is 0 Å². The Morgan fingerprint density at radius 2 is 2.20 bits per heavy atom. The lowest BCUT2D eigenvalue weighted by molar-refractivity contribution is 0.0450. The van der Waals surface area contributed by atoms with E-state index < -0.39 is 15.4 Å². The molecule has 0 bridgehead atoms. The number of rotatable bonds is 2. The molecule has 8 heteroatoms. The minimum absolute atomic E-state index is 0.0109. The first kappa shape index (κ1) is 15.1. The van der Waals surface area contributed by atoms with Gasteiger partial charge in [0.1, 0.15) is 20.8 Å². The normalized spacial score (nSPS) is 23.6. The molecule has 110 valence electrons. The molecule has 0 amide bonds. The van der Waals surface area contributed by atoms with E-state index in [4.69, 9.17) is 11.0 Å². The first-order chi connectivity index (χ1) is 9.15. The van der Waals surface area contributed by atoms with Crippen LogP contribution in [0.5, 0.6) is 0 Å². The van der Waals surface area contributed by atoms with Crippen molar-refractivity contribution in [2.75, 3.05) is 30.0 Å². The summed E-state index contributed by atoms with van der Waals surface area (Å²) in [5, 5.41) is 19.7. The van der Waals surface area contributed by atoms with Gasteiger partial charge in [0.05, 0.1) is 11.3 Å². The summed E-state index contributed by atoms with van der Waals surface area (Å²) in [6.45, 7) is 2.70. The number of sulfone groups is 1. The highest BCUT2D eigenvalue weighted by Crippen LogP contribution is 2.42. The summed E-state index contributed by atoms with van der Waals surface area (Å²) in [7, 11) is -3.53. The number of aliphatic hydroxyl groups is 1. The molecular formula is C12H17N3O3S2. The molecule has 2 heterocycles. The number of piperidine rings is 1. The largest absolute Gasteiger partial charge is 0.396 e. The average molecular weight is 315 g/mol. The Kier molecular flexibility index (Phi) is 3.71. The fourth-order valence-electron chi connectivity index (χ4n) is 2.46. The third-order valence-electron chi connectivity index (χ3n) is 3.32. The zero-order chi connectivity index (χ0) is 15.1. The average Bonchev–Trinajstić information content (AvgIpc) is 2.64. The molecule has 1 saturated heterocycles. The molecule has 1 aliphatic heterocycles. The number of anilines is 2. The number of nitriles is 1. The summed E-state index contributed by atoms with van der Waals surface area (Å²) in [5.74, 6) is 0. The lowest BCUT2D eigenvalue weighted by Crippen LogP contribution is -2.46. The molecule has 1 unspecified atom stereocenters. The van der Waals surface area contributed by atoms with E-state index in [1.165, 1.54) is 0 Å². The quantitative estimate of drug-likeness (QED) is 0.841. The lowest BCUT2D eigenvalue weighted by atomic mass is 9.95. The minimum Gasteiger partial charge on any atom is -0.396 e. The number of nitrogen functional groups attached to an aromatic ring is 1. The van der Waals surface area contributed by atoms with Gasteiger partial charge in [-0.2, -0.15) is 5.26 Å². The number of β-amino-alcohol motifs (C(OH)–C–C–N with tert-alkyl or cyclic N) is 1. The van der Waals surface area contributed by atoms with Gasteiger partial charge in [-0.1, -0.05) is 0 Å². The van der Waals surface area contributed by atoms with Gasteiger partial charge in [0.25, 0.3) is 0 Å². The van der Waals surface area contributed by atoms with Crippen LogP contribution in [-0.2, 0) is 9.84 Å². The van der Waals surface area contributed by atoms with Gasteiger partial charge < -0.3 is 15.7 Å². The van der Waals surface area contributed by atoms with Crippen LogP contribution in [0.25, 0.3) is 0 Å². The van der Waals surface area contributed by atoms with Gasteiger partial charge in [-0.05, 0) is 19.8 Å². The number of hydrogen-bond donors (Lipinski definition) is 2. The van der Waals surface area contributed by atoms with Crippen LogP contribution in [0.15, 0.2) is 4.90 Å². The Bertz CT molecular complexity index is 671. The van der Waals surface area contributed by atoms with Crippen LogP contribution in [-0.4, -0.2) is 38.5 Å². The van der Waals surface area contributed by atoms with E-state index in [2.05, 4.69) is 0 Å². The van der Waals surface area contributed by atoms with Crippen molar-refractivity contribution < 1.29 is 13.5 Å². The highest BCUT2D eigenvalue weighted by atomic mass is 32.2. The summed E-state index contributed by atoms with van der Waals surface area (Å²) < 4.78 is 23.9. The fourth-order valence-corrected chi connectivity index (χ4v) is 4.99. The van der Waals surface area contributed by atoms with E-state index in [1.54, 1.807) is 6.92 Å². The molecule has 0 radical (unpaired) electrons. The first-order valence-electron chi connectivity index (χ1n) is 6.15. The standard InChI is InChI=1S/C12H17N3O3S2/c1-12(16)4-3-5-15(7-12)11-10(20(2,17)18)9(14)8(6-13)19-11/h16H,3-5,7,14H2,1-2H3. The monoisotopic (exact) mass is 315 g/mol. The molecule has 2 rings (SSSR count). The second-order valence-corrected chi connectivity index (χ2v) is 8.34. The highest BCUT2D eigenvalue weighted by Gasteiger charge is 2.33. The lowest BCUT2D eigenvalue weighted by Gasteiger charge is -2.37. The third kappa shape index (κ3) is 2.75. The maximum absolute atomic E-state index is 11.9. The second kappa shape index (κ2) is 4.91. The predicted molar refractivity (Wildman–Crippen MR) is 78.6 cm³/mol. The van der Waals surface area contributed by atoms with Crippen LogP contribution in [0.4, 0.5) is 10.7 Å². The van der Waals surface area contributed by atoms with Gasteiger partial charge in [0, 0.05) is 19.3 Å². The molecule has 1 aromatic heterocycles. The van der Waals surface area contributed by atoms with Crippen molar-refractivity contribution in [3.05, 3.63) is 4.88 Å². The van der Waals surface area contributed by atoms with Crippen LogP contribution in [0.2, 0.25) is 0 Å². The Morgan fingerprint density at radius 3 is 2.70 bits per heavy atom. The van der Waals surface area contributed by atoms with Crippen molar-refractivity contribution in [3.8, 4) is 6.07 Å². The van der Waals surface area contributed by atoms with Gasteiger partial charge in [-0.3, -0.25) is 0 Å². The maximum Gasteiger partial charge on any atom is 0.180 e. The van der Waals surface area contributed by atoms with Gasteiger partial charge in [-0.25, -0.2) is 8.42 Å². The van der Waals surface area contributed by atoms with Crippen molar-refractivity contribution in [1.29, 1.82) is 5.26 Å². The van der Waals surface area contributed by atoms with E-state index in [1.807, 2.05) is 11.0 Å². The van der Waals surface area contributed by atoms with Crippen LogP contribution in [0.3, 0.4) is 0 Å². The molecular weight excluding hydrogens is 298 g/mol. The highest BCUT2D eigenvalue weighted by molar-refractivity contribution is 7.91. The summed E-state index contributed by atoms with van der Waals surface area (Å²) in [6, 6.07) is 1.93. The van der Waals surface area contributed by atoms with Crippen molar-refractivity contribution >= 4 is 31.9 Å². The third-order valence-corrected chi connectivity index (χ3v) is 5.77. The zero-order valence-electron chi connectivity index (χ0n) is 11.4. The number of nitrogens with two attached hydrogens (primary N) is 1. The van der Waals surface area contributed by atoms with Gasteiger partial charge in [0.15, 0.2) is 9.84 Å². The van der Waals surface area contributed by atoms with Crippen LogP contribution < -0.4 is 10.6 Å². The fraction of sp³-hybridized carbons (Fsp3) is 0.583. The van der Waals surface area contributed by atoms with E-state index in [-0.39, 0.29) is 15.5 Å². The number of nitrogens with zero attached hydrogens (tertiary/aromatic N) is 2. The Labute approximate surface area is 122 Å². The molecule has 0 aromatic carbocycles. The van der Waals surface area contributed by atoms with E-state index in [0.717, 1.165) is 24.0 Å². The number of hydrogen-bond acceptors (Lipinski definition) is 7. The molecule has 0 aliphatic carbocycles. The summed E-state index contributed by atoms with van der Waals surface area (Å²) in [6.07, 6.45) is 2.51. The van der Waals surface area contributed by atoms with Crippen molar-refractivity contribution in [3.63, 3.8) is 0 Å². The van der Waals surface area contributed by atoms with Gasteiger partial charge >= 0.3 is 0 Å². The molecule has 1 atom stereocenters. The maximum atomic E-state index is 11.9. The Morgan fingerprint density at radius 1 is 1.55 bits per heavy atom. The molecule has 0 saturated carbocycles. The van der Waals surface area contributed by atoms with Crippen LogP contribution in [0.1, 0.15) is 24.6 Å². The predicted octanol–water partition coefficient (Wildman–Crippen LogP) is 0.957. The van der Waals surface area contributed by atoms with Crippen LogP contribution >= 0.6 is 11.3 Å². The molecule has 20 heavy (non-hydrogen) atoms. The molecule has 6 nitrogen and oxygen atoms in total. The van der Waals surface area contributed by atoms with E-state index in [9.17, 15) is 13.5 Å². The van der Waals surface area contributed by atoms with Gasteiger partial charge in [-0.15, -0.1) is 11.3 Å². The van der Waals surface area contributed by atoms with Crippen molar-refractivity contribution in [2.45, 2.75) is 30.3 Å². The smallest absolute Gasteiger partial charge is 0.180 e. The van der Waals surface area contributed by atoms with Crippen molar-refractivity contribution in [1.82, 2.24) is 0 Å².